The van der Waals surface area contributed by atoms with E-state index in [0.717, 1.165) is 49.3 Å². The zero-order chi connectivity index (χ0) is 29.1. The van der Waals surface area contributed by atoms with Gasteiger partial charge in [0, 0.05) is 18.0 Å². The van der Waals surface area contributed by atoms with Gasteiger partial charge in [0.1, 0.15) is 0 Å². The lowest BCUT2D eigenvalue weighted by Gasteiger charge is -2.63. The van der Waals surface area contributed by atoms with Crippen LogP contribution in [0.2, 0.25) is 0 Å². The predicted octanol–water partition coefficient (Wildman–Crippen LogP) is 6.04. The van der Waals surface area contributed by atoms with Gasteiger partial charge in [-0.25, -0.2) is 0 Å². The first-order valence-electron chi connectivity index (χ1n) is 15.9. The number of hydrogen-bond acceptors (Lipinski definition) is 4. The zero-order valence-corrected chi connectivity index (χ0v) is 24.8. The van der Waals surface area contributed by atoms with E-state index in [9.17, 15) is 24.9 Å². The summed E-state index contributed by atoms with van der Waals surface area (Å²) in [5, 5.41) is 38.2. The molecular weight excluding hydrogens is 514 g/mol. The highest BCUT2D eigenvalue weighted by Gasteiger charge is 2.65. The van der Waals surface area contributed by atoms with Crippen LogP contribution in [0.1, 0.15) is 88.9 Å². The second-order valence-corrected chi connectivity index (χ2v) is 14.5. The molecule has 0 spiro atoms. The van der Waals surface area contributed by atoms with Gasteiger partial charge >= 0.3 is 5.97 Å². The summed E-state index contributed by atoms with van der Waals surface area (Å²) in [6.45, 7) is 6.77. The van der Waals surface area contributed by atoms with Crippen molar-refractivity contribution in [2.24, 2.45) is 46.3 Å². The maximum Gasteiger partial charge on any atom is 0.303 e. The maximum atomic E-state index is 13.2. The number of carboxylic acids is 1. The fourth-order valence-electron chi connectivity index (χ4n) is 10.4. The predicted molar refractivity (Wildman–Crippen MR) is 159 cm³/mol. The van der Waals surface area contributed by atoms with Gasteiger partial charge in [-0.05, 0) is 121 Å². The van der Waals surface area contributed by atoms with Gasteiger partial charge in [-0.15, -0.1) is 0 Å². The van der Waals surface area contributed by atoms with E-state index in [-0.39, 0.29) is 58.8 Å². The van der Waals surface area contributed by atoms with E-state index in [2.05, 4.69) is 32.2 Å². The Hall–Kier alpha value is -2.44. The molecule has 2 aromatic carbocycles. The third-order valence-electron chi connectivity index (χ3n) is 12.7. The summed E-state index contributed by atoms with van der Waals surface area (Å²) in [7, 11) is 0. The topological polar surface area (TPSA) is 107 Å². The van der Waals surface area contributed by atoms with E-state index in [4.69, 9.17) is 0 Å². The Morgan fingerprint density at radius 1 is 0.976 bits per heavy atom. The standard InChI is InChI=1S/C35H47NO5/c1-20(8-13-31(39)40)26-11-12-27-32-28(19-30(38)35(26,27)3)34(2)15-14-25(17-24(34)18-29(32)37)36-33(41)23-10-9-21-6-4-5-7-22(21)16-23/h4-7,9-10,16,20,24-30,32,37-38H,8,11-15,17-19H2,1-3H3,(H,36,41)(H,39,40)/t20-,24+,25+,26-,27+,28+,29-,30+,32+,34+,35-/m1/s1. The molecule has 0 radical (unpaired) electrons. The summed E-state index contributed by atoms with van der Waals surface area (Å²) in [4.78, 5) is 24.5. The summed E-state index contributed by atoms with van der Waals surface area (Å²) in [5.74, 6) is 0.714. The van der Waals surface area contributed by atoms with Crippen LogP contribution in [0.3, 0.4) is 0 Å². The van der Waals surface area contributed by atoms with Crippen LogP contribution in [0.4, 0.5) is 0 Å². The Labute approximate surface area is 243 Å². The lowest BCUT2D eigenvalue weighted by atomic mass is 9.43. The second-order valence-electron chi connectivity index (χ2n) is 14.5. The minimum absolute atomic E-state index is 0.0311. The molecule has 0 unspecified atom stereocenters. The molecule has 0 aliphatic heterocycles. The van der Waals surface area contributed by atoms with Crippen LogP contribution in [0.5, 0.6) is 0 Å². The molecule has 0 aromatic heterocycles. The highest BCUT2D eigenvalue weighted by Crippen LogP contribution is 2.68. The van der Waals surface area contributed by atoms with E-state index >= 15 is 0 Å². The molecule has 2 aromatic rings. The number of rotatable bonds is 6. The maximum absolute atomic E-state index is 13.2. The average Bonchev–Trinajstić information content (AvgIpc) is 3.31. The Morgan fingerprint density at radius 2 is 1.73 bits per heavy atom. The Kier molecular flexibility index (Phi) is 7.47. The molecule has 4 fully saturated rings. The molecule has 0 heterocycles. The number of amides is 1. The third-order valence-corrected chi connectivity index (χ3v) is 12.7. The van der Waals surface area contributed by atoms with Gasteiger partial charge in [0.2, 0.25) is 0 Å². The fraction of sp³-hybridized carbons (Fsp3) is 0.657. The SMILES string of the molecule is C[C@H](CCC(=O)O)[C@H]1CC[C@H]2[C@@H]3[C@H](O)C[C@@H]4C[C@@H](NC(=O)c5ccc6ccccc6c5)CC[C@]4(C)[C@H]3C[C@H](O)[C@]12C. The van der Waals surface area contributed by atoms with Crippen LogP contribution in [0, 0.1) is 46.3 Å². The van der Waals surface area contributed by atoms with Crippen molar-refractivity contribution in [3.63, 3.8) is 0 Å². The van der Waals surface area contributed by atoms with Gasteiger partial charge in [0.05, 0.1) is 12.2 Å². The monoisotopic (exact) mass is 561 g/mol. The van der Waals surface area contributed by atoms with Gasteiger partial charge in [-0.2, -0.15) is 0 Å². The summed E-state index contributed by atoms with van der Waals surface area (Å²) < 4.78 is 0. The van der Waals surface area contributed by atoms with E-state index in [1.807, 2.05) is 36.4 Å². The van der Waals surface area contributed by atoms with Crippen LogP contribution in [0.15, 0.2) is 42.5 Å². The van der Waals surface area contributed by atoms with Crippen molar-refractivity contribution in [3.8, 4) is 0 Å². The minimum Gasteiger partial charge on any atom is -0.481 e. The van der Waals surface area contributed by atoms with Crippen molar-refractivity contribution >= 4 is 22.6 Å². The number of carbonyl (C=O) groups excluding carboxylic acids is 1. The third kappa shape index (κ3) is 4.79. The molecule has 6 nitrogen and oxygen atoms in total. The largest absolute Gasteiger partial charge is 0.481 e. The van der Waals surface area contributed by atoms with Crippen LogP contribution >= 0.6 is 0 Å². The van der Waals surface area contributed by atoms with Crippen molar-refractivity contribution in [2.45, 2.75) is 96.8 Å². The number of aliphatic hydroxyl groups excluding tert-OH is 2. The van der Waals surface area contributed by atoms with Crippen LogP contribution in [-0.4, -0.2) is 45.4 Å². The summed E-state index contributed by atoms with van der Waals surface area (Å²) in [6, 6.07) is 14.0. The normalized spacial score (nSPS) is 40.7. The molecular formula is C35H47NO5. The van der Waals surface area contributed by atoms with E-state index in [0.29, 0.717) is 24.3 Å². The highest BCUT2D eigenvalue weighted by molar-refractivity contribution is 5.98. The van der Waals surface area contributed by atoms with Gasteiger partial charge in [0.15, 0.2) is 0 Å². The number of hydrogen-bond donors (Lipinski definition) is 4. The molecule has 6 rings (SSSR count). The smallest absolute Gasteiger partial charge is 0.303 e. The summed E-state index contributed by atoms with van der Waals surface area (Å²) in [5.41, 5.74) is 0.432. The summed E-state index contributed by atoms with van der Waals surface area (Å²) >= 11 is 0. The molecule has 4 N–H and O–H groups in total. The molecule has 41 heavy (non-hydrogen) atoms. The minimum atomic E-state index is -0.758. The molecule has 0 saturated heterocycles. The quantitative estimate of drug-likeness (QED) is 0.344. The molecule has 4 aliphatic rings. The van der Waals surface area contributed by atoms with Crippen molar-refractivity contribution in [1.29, 1.82) is 0 Å². The molecule has 0 bridgehead atoms. The zero-order valence-electron chi connectivity index (χ0n) is 24.8. The molecule has 222 valence electrons. The molecule has 1 amide bonds. The molecule has 4 aliphatic carbocycles. The Bertz CT molecular complexity index is 1310. The van der Waals surface area contributed by atoms with Crippen molar-refractivity contribution in [3.05, 3.63) is 48.0 Å². The Balaban J connectivity index is 1.16. The van der Waals surface area contributed by atoms with E-state index < -0.39 is 18.2 Å². The molecule has 11 atom stereocenters. The van der Waals surface area contributed by atoms with Crippen LogP contribution < -0.4 is 5.32 Å². The van der Waals surface area contributed by atoms with Gasteiger partial charge in [0.25, 0.3) is 5.91 Å². The highest BCUT2D eigenvalue weighted by atomic mass is 16.4. The van der Waals surface area contributed by atoms with E-state index in [1.165, 1.54) is 0 Å². The number of aliphatic carboxylic acids is 1. The molecule has 6 heteroatoms. The van der Waals surface area contributed by atoms with Crippen molar-refractivity contribution < 1.29 is 24.9 Å². The lowest BCUT2D eigenvalue weighted by Crippen LogP contribution is -2.63. The number of carbonyl (C=O) groups is 2. The van der Waals surface area contributed by atoms with Crippen LogP contribution in [-0.2, 0) is 4.79 Å². The number of aliphatic hydroxyl groups is 2. The van der Waals surface area contributed by atoms with Gasteiger partial charge < -0.3 is 20.6 Å². The van der Waals surface area contributed by atoms with E-state index in [1.54, 1.807) is 0 Å². The lowest BCUT2D eigenvalue weighted by molar-refractivity contribution is -0.202. The van der Waals surface area contributed by atoms with Crippen molar-refractivity contribution in [1.82, 2.24) is 5.32 Å². The Morgan fingerprint density at radius 3 is 2.49 bits per heavy atom. The number of fused-ring (bicyclic) bond motifs is 6. The molecule has 4 saturated carbocycles. The fourth-order valence-corrected chi connectivity index (χ4v) is 10.4. The average molecular weight is 562 g/mol. The van der Waals surface area contributed by atoms with Gasteiger partial charge in [-0.3, -0.25) is 9.59 Å². The first-order chi connectivity index (χ1) is 19.5. The number of carboxylic acid groups (broad SMARTS) is 1. The van der Waals surface area contributed by atoms with Crippen molar-refractivity contribution in [2.75, 3.05) is 0 Å². The van der Waals surface area contributed by atoms with Crippen LogP contribution in [0.25, 0.3) is 10.8 Å². The first kappa shape index (κ1) is 28.7. The van der Waals surface area contributed by atoms with Gasteiger partial charge in [-0.1, -0.05) is 51.1 Å². The second kappa shape index (κ2) is 10.7. The summed E-state index contributed by atoms with van der Waals surface area (Å²) in [6.07, 6.45) is 6.18. The number of nitrogens with one attached hydrogen (secondary N) is 1. The first-order valence-corrected chi connectivity index (χ1v) is 15.9. The number of benzene rings is 2.